The Hall–Kier alpha value is -1.69. The molecular formula is C14H23FN4O. The lowest BCUT2D eigenvalue weighted by Gasteiger charge is -2.11. The fourth-order valence-corrected chi connectivity index (χ4v) is 1.68. The van der Waals surface area contributed by atoms with Crippen LogP contribution < -0.4 is 10.6 Å². The van der Waals surface area contributed by atoms with Crippen LogP contribution in [-0.4, -0.2) is 49.5 Å². The molecule has 1 aromatic heterocycles. The summed E-state index contributed by atoms with van der Waals surface area (Å²) in [5.74, 6) is -0.859. The summed E-state index contributed by atoms with van der Waals surface area (Å²) in [6, 6.07) is 1.40. The first-order valence-electron chi connectivity index (χ1n) is 6.87. The number of rotatable bonds is 8. The summed E-state index contributed by atoms with van der Waals surface area (Å²) >= 11 is 0. The highest BCUT2D eigenvalue weighted by Crippen LogP contribution is 2.14. The van der Waals surface area contributed by atoms with Gasteiger partial charge in [0.2, 0.25) is 0 Å². The molecule has 0 aliphatic rings. The molecule has 0 aliphatic carbocycles. The summed E-state index contributed by atoms with van der Waals surface area (Å²) in [6.45, 7) is 4.00. The fourth-order valence-electron chi connectivity index (χ4n) is 1.68. The van der Waals surface area contributed by atoms with E-state index >= 15 is 0 Å². The molecule has 1 rings (SSSR count). The maximum absolute atomic E-state index is 14.1. The molecule has 0 radical (unpaired) electrons. The minimum Gasteiger partial charge on any atom is -0.368 e. The first-order valence-corrected chi connectivity index (χ1v) is 6.87. The lowest BCUT2D eigenvalue weighted by Crippen LogP contribution is -2.28. The summed E-state index contributed by atoms with van der Waals surface area (Å²) in [5.41, 5.74) is 0.0310. The van der Waals surface area contributed by atoms with Crippen LogP contribution in [0.25, 0.3) is 0 Å². The standard InChI is InChI=1S/C14H23FN4O/c1-4-7-16-13-12(15)11(6-9-17-13)14(20)18-8-5-10-19(2)3/h6,9H,4-5,7-8,10H2,1-3H3,(H,16,17)(H,18,20). The average Bonchev–Trinajstić information content (AvgIpc) is 2.42. The Morgan fingerprint density at radius 1 is 1.40 bits per heavy atom. The van der Waals surface area contributed by atoms with Crippen molar-refractivity contribution in [2.24, 2.45) is 0 Å². The highest BCUT2D eigenvalue weighted by molar-refractivity contribution is 5.95. The number of carbonyl (C=O) groups is 1. The number of nitrogens with one attached hydrogen (secondary N) is 2. The summed E-state index contributed by atoms with van der Waals surface area (Å²) < 4.78 is 14.1. The van der Waals surface area contributed by atoms with Crippen molar-refractivity contribution in [3.63, 3.8) is 0 Å². The molecule has 5 nitrogen and oxygen atoms in total. The highest BCUT2D eigenvalue weighted by Gasteiger charge is 2.15. The van der Waals surface area contributed by atoms with E-state index in [1.807, 2.05) is 25.9 Å². The van der Waals surface area contributed by atoms with Crippen molar-refractivity contribution >= 4 is 11.7 Å². The van der Waals surface area contributed by atoms with Crippen molar-refractivity contribution in [1.29, 1.82) is 0 Å². The molecule has 1 aromatic rings. The zero-order valence-electron chi connectivity index (χ0n) is 12.4. The van der Waals surface area contributed by atoms with Gasteiger partial charge in [0.1, 0.15) is 0 Å². The molecule has 0 fully saturated rings. The van der Waals surface area contributed by atoms with Gasteiger partial charge in [-0.1, -0.05) is 6.92 Å². The summed E-state index contributed by atoms with van der Waals surface area (Å²) in [4.78, 5) is 17.9. The second-order valence-electron chi connectivity index (χ2n) is 4.86. The molecular weight excluding hydrogens is 259 g/mol. The number of hydrogen-bond donors (Lipinski definition) is 2. The van der Waals surface area contributed by atoms with Crippen molar-refractivity contribution in [3.8, 4) is 0 Å². The largest absolute Gasteiger partial charge is 0.368 e. The second-order valence-corrected chi connectivity index (χ2v) is 4.86. The Balaban J connectivity index is 2.59. The topological polar surface area (TPSA) is 57.3 Å². The van der Waals surface area contributed by atoms with E-state index in [2.05, 4.69) is 15.6 Å². The van der Waals surface area contributed by atoms with Crippen molar-refractivity contribution in [1.82, 2.24) is 15.2 Å². The van der Waals surface area contributed by atoms with Crippen LogP contribution in [0.1, 0.15) is 30.1 Å². The monoisotopic (exact) mass is 282 g/mol. The molecule has 20 heavy (non-hydrogen) atoms. The van der Waals surface area contributed by atoms with Crippen LogP contribution in [0.15, 0.2) is 12.3 Å². The molecule has 6 heteroatoms. The van der Waals surface area contributed by atoms with Crippen LogP contribution in [0.5, 0.6) is 0 Å². The molecule has 0 saturated carbocycles. The molecule has 0 spiro atoms. The highest BCUT2D eigenvalue weighted by atomic mass is 19.1. The predicted molar refractivity (Wildman–Crippen MR) is 78.5 cm³/mol. The van der Waals surface area contributed by atoms with Crippen molar-refractivity contribution in [2.75, 3.05) is 39.0 Å². The number of anilines is 1. The van der Waals surface area contributed by atoms with E-state index in [4.69, 9.17) is 0 Å². The normalized spacial score (nSPS) is 10.7. The number of hydrogen-bond acceptors (Lipinski definition) is 4. The number of nitrogens with zero attached hydrogens (tertiary/aromatic N) is 2. The summed E-state index contributed by atoms with van der Waals surface area (Å²) in [7, 11) is 3.94. The molecule has 0 atom stereocenters. The van der Waals surface area contributed by atoms with Crippen molar-refractivity contribution in [3.05, 3.63) is 23.6 Å². The minimum atomic E-state index is -0.592. The van der Waals surface area contributed by atoms with Crippen molar-refractivity contribution < 1.29 is 9.18 Å². The Bertz CT molecular complexity index is 437. The van der Waals surface area contributed by atoms with Crippen LogP contribution in [0, 0.1) is 5.82 Å². The van der Waals surface area contributed by atoms with E-state index < -0.39 is 11.7 Å². The number of carbonyl (C=O) groups excluding carboxylic acids is 1. The molecule has 0 aliphatic heterocycles. The zero-order valence-corrected chi connectivity index (χ0v) is 12.4. The van der Waals surface area contributed by atoms with Gasteiger partial charge in [-0.25, -0.2) is 9.37 Å². The van der Waals surface area contributed by atoms with E-state index in [0.29, 0.717) is 13.1 Å². The molecule has 0 saturated heterocycles. The molecule has 1 amide bonds. The van der Waals surface area contributed by atoms with Crippen LogP contribution in [0.3, 0.4) is 0 Å². The maximum Gasteiger partial charge on any atom is 0.254 e. The average molecular weight is 282 g/mol. The van der Waals surface area contributed by atoms with E-state index in [9.17, 15) is 9.18 Å². The van der Waals surface area contributed by atoms with Gasteiger partial charge in [-0.3, -0.25) is 4.79 Å². The number of pyridine rings is 1. The van der Waals surface area contributed by atoms with Gasteiger partial charge in [-0.2, -0.15) is 0 Å². The number of amides is 1. The Kier molecular flexibility index (Phi) is 6.93. The maximum atomic E-state index is 14.1. The predicted octanol–water partition coefficient (Wildman–Crippen LogP) is 1.72. The van der Waals surface area contributed by atoms with Gasteiger partial charge < -0.3 is 15.5 Å². The van der Waals surface area contributed by atoms with Crippen molar-refractivity contribution in [2.45, 2.75) is 19.8 Å². The van der Waals surface area contributed by atoms with Gasteiger partial charge in [-0.15, -0.1) is 0 Å². The van der Waals surface area contributed by atoms with Gasteiger partial charge >= 0.3 is 0 Å². The Morgan fingerprint density at radius 3 is 2.80 bits per heavy atom. The van der Waals surface area contributed by atoms with Crippen LogP contribution in [0.4, 0.5) is 10.2 Å². The van der Waals surface area contributed by atoms with Gasteiger partial charge in [-0.05, 0) is 39.5 Å². The first-order chi connectivity index (χ1) is 9.56. The molecule has 0 aromatic carbocycles. The second kappa shape index (κ2) is 8.47. The van der Waals surface area contributed by atoms with Crippen LogP contribution in [0.2, 0.25) is 0 Å². The van der Waals surface area contributed by atoms with Gasteiger partial charge in [0.15, 0.2) is 11.6 Å². The van der Waals surface area contributed by atoms with E-state index in [1.54, 1.807) is 0 Å². The Morgan fingerprint density at radius 2 is 2.15 bits per heavy atom. The van der Waals surface area contributed by atoms with E-state index in [-0.39, 0.29) is 11.4 Å². The molecule has 2 N–H and O–H groups in total. The van der Waals surface area contributed by atoms with Gasteiger partial charge in [0, 0.05) is 19.3 Å². The lowest BCUT2D eigenvalue weighted by molar-refractivity contribution is 0.0948. The first kappa shape index (κ1) is 16.4. The third-order valence-corrected chi connectivity index (χ3v) is 2.74. The smallest absolute Gasteiger partial charge is 0.254 e. The number of halogens is 1. The summed E-state index contributed by atoms with van der Waals surface area (Å²) in [5, 5.41) is 5.58. The zero-order chi connectivity index (χ0) is 15.0. The fraction of sp³-hybridized carbons (Fsp3) is 0.571. The summed E-state index contributed by atoms with van der Waals surface area (Å²) in [6.07, 6.45) is 3.13. The van der Waals surface area contributed by atoms with Gasteiger partial charge in [0.05, 0.1) is 5.56 Å². The Labute approximate surface area is 119 Å². The van der Waals surface area contributed by atoms with Crippen LogP contribution >= 0.6 is 0 Å². The van der Waals surface area contributed by atoms with Crippen LogP contribution in [-0.2, 0) is 0 Å². The third-order valence-electron chi connectivity index (χ3n) is 2.74. The molecule has 112 valence electrons. The SMILES string of the molecule is CCCNc1nccc(C(=O)NCCCN(C)C)c1F. The lowest BCUT2D eigenvalue weighted by atomic mass is 10.2. The molecule has 0 bridgehead atoms. The molecule has 0 unspecified atom stereocenters. The van der Waals surface area contributed by atoms with E-state index in [1.165, 1.54) is 12.3 Å². The minimum absolute atomic E-state index is 0.0310. The van der Waals surface area contributed by atoms with Gasteiger partial charge in [0.25, 0.3) is 5.91 Å². The third kappa shape index (κ3) is 5.13. The molecule has 1 heterocycles. The quantitative estimate of drug-likeness (QED) is 0.713. The van der Waals surface area contributed by atoms with E-state index in [0.717, 1.165) is 19.4 Å². The number of aromatic nitrogens is 1.